The molecule has 0 atom stereocenters. The van der Waals surface area contributed by atoms with Crippen LogP contribution < -0.4 is 0 Å². The van der Waals surface area contributed by atoms with Crippen LogP contribution in [0, 0.1) is 0 Å². The topological polar surface area (TPSA) is 26.3 Å². The van der Waals surface area contributed by atoms with Gasteiger partial charge >= 0.3 is 5.97 Å². The van der Waals surface area contributed by atoms with Crippen LogP contribution in [0.3, 0.4) is 0 Å². The monoisotopic (exact) mass is 502 g/mol. The van der Waals surface area contributed by atoms with Gasteiger partial charge in [-0.15, -0.1) is 23.5 Å². The maximum Gasteiger partial charge on any atom is 0.307 e. The maximum absolute atomic E-state index is 12.0. The molecule has 0 radical (unpaired) electrons. The number of unbranched alkanes of at least 4 members (excludes halogenated alkanes) is 18. The first-order valence-electron chi connectivity index (χ1n) is 14.6. The Balaban J connectivity index is 3.75. The van der Waals surface area contributed by atoms with Crippen LogP contribution in [0.1, 0.15) is 156 Å². The number of thioether (sulfide) groups is 2. The van der Waals surface area contributed by atoms with Gasteiger partial charge in [0.2, 0.25) is 0 Å². The lowest BCUT2D eigenvalue weighted by Crippen LogP contribution is -2.12. The van der Waals surface area contributed by atoms with Gasteiger partial charge in [-0.1, -0.05) is 129 Å². The third-order valence-corrected chi connectivity index (χ3v) is 9.18. The highest BCUT2D eigenvalue weighted by atomic mass is 32.2. The van der Waals surface area contributed by atoms with Crippen LogP contribution in [0.15, 0.2) is 0 Å². The first-order valence-corrected chi connectivity index (χ1v) is 16.7. The van der Waals surface area contributed by atoms with Crippen LogP contribution >= 0.6 is 23.5 Å². The van der Waals surface area contributed by atoms with Crippen molar-refractivity contribution in [1.82, 2.24) is 0 Å². The Labute approximate surface area is 216 Å². The van der Waals surface area contributed by atoms with Crippen molar-refractivity contribution in [2.24, 2.45) is 0 Å². The molecular formula is C29H58O2S2. The van der Waals surface area contributed by atoms with Gasteiger partial charge in [-0.2, -0.15) is 0 Å². The summed E-state index contributed by atoms with van der Waals surface area (Å²) in [5.41, 5.74) is 0. The van der Waals surface area contributed by atoms with E-state index >= 15 is 0 Å². The fourth-order valence-corrected chi connectivity index (χ4v) is 6.87. The second kappa shape index (κ2) is 28.4. The molecule has 0 spiro atoms. The van der Waals surface area contributed by atoms with E-state index in [1.54, 1.807) is 0 Å². The van der Waals surface area contributed by atoms with Crippen LogP contribution in [0.4, 0.5) is 0 Å². The van der Waals surface area contributed by atoms with Crippen LogP contribution in [-0.4, -0.2) is 28.7 Å². The number of esters is 1. The average Bonchev–Trinajstić information content (AvgIpc) is 2.80. The summed E-state index contributed by atoms with van der Waals surface area (Å²) in [6.07, 6.45) is 28.2. The maximum atomic E-state index is 12.0. The molecule has 0 aromatic carbocycles. The fraction of sp³-hybridized carbons (Fsp3) is 0.966. The van der Waals surface area contributed by atoms with E-state index < -0.39 is 0 Å². The minimum absolute atomic E-state index is 0.0198. The number of ether oxygens (including phenoxy) is 1. The second-order valence-corrected chi connectivity index (χ2v) is 12.5. The van der Waals surface area contributed by atoms with Crippen molar-refractivity contribution in [2.75, 3.05) is 18.1 Å². The molecule has 0 heterocycles. The SMILES string of the molecule is CCCCCCCCCCCCSC(CC(=O)OCC)SCCCCCCCCCCCC. The predicted octanol–water partition coefficient (Wildman–Crippen LogP) is 10.6. The standard InChI is InChI=1S/C29H58O2S2/c1-4-7-9-11-13-15-17-19-21-23-25-32-29(27-28(30)31-6-3)33-26-24-22-20-18-16-14-12-10-8-5-2/h29H,4-27H2,1-3H3. The fourth-order valence-electron chi connectivity index (χ4n) is 4.13. The Morgan fingerprint density at radius 3 is 1.21 bits per heavy atom. The highest BCUT2D eigenvalue weighted by Gasteiger charge is 2.15. The highest BCUT2D eigenvalue weighted by molar-refractivity contribution is 8.17. The van der Waals surface area contributed by atoms with Gasteiger partial charge in [-0.05, 0) is 31.3 Å². The molecule has 0 aromatic heterocycles. The van der Waals surface area contributed by atoms with Gasteiger partial charge in [0.25, 0.3) is 0 Å². The summed E-state index contributed by atoms with van der Waals surface area (Å²) in [4.78, 5) is 12.0. The Morgan fingerprint density at radius 1 is 0.545 bits per heavy atom. The molecule has 2 nitrogen and oxygen atoms in total. The van der Waals surface area contributed by atoms with E-state index in [0.29, 0.717) is 17.6 Å². The third kappa shape index (κ3) is 26.6. The summed E-state index contributed by atoms with van der Waals surface area (Å²) in [5.74, 6) is 2.35. The Morgan fingerprint density at radius 2 is 0.879 bits per heavy atom. The molecule has 0 unspecified atom stereocenters. The molecule has 0 aliphatic rings. The summed E-state index contributed by atoms with van der Waals surface area (Å²) < 4.78 is 5.60. The van der Waals surface area contributed by atoms with Crippen molar-refractivity contribution in [2.45, 2.75) is 160 Å². The molecule has 0 N–H and O–H groups in total. The summed E-state index contributed by atoms with van der Waals surface area (Å²) in [6.45, 7) is 6.97. The smallest absolute Gasteiger partial charge is 0.307 e. The zero-order valence-corrected chi connectivity index (χ0v) is 24.3. The van der Waals surface area contributed by atoms with Crippen molar-refractivity contribution in [1.29, 1.82) is 0 Å². The molecule has 0 aromatic rings. The number of carbonyl (C=O) groups is 1. The molecule has 0 aliphatic heterocycles. The molecule has 0 bridgehead atoms. The Bertz CT molecular complexity index is 364. The Hall–Kier alpha value is 0.170. The van der Waals surface area contributed by atoms with E-state index in [0.717, 1.165) is 0 Å². The van der Waals surface area contributed by atoms with E-state index in [4.69, 9.17) is 4.74 Å². The lowest BCUT2D eigenvalue weighted by Gasteiger charge is -2.15. The minimum atomic E-state index is -0.0198. The van der Waals surface area contributed by atoms with Crippen LogP contribution in [0.2, 0.25) is 0 Å². The van der Waals surface area contributed by atoms with Gasteiger partial charge in [-0.3, -0.25) is 4.79 Å². The first-order chi connectivity index (χ1) is 16.2. The summed E-state index contributed by atoms with van der Waals surface area (Å²) >= 11 is 3.99. The van der Waals surface area contributed by atoms with E-state index in [-0.39, 0.29) is 5.97 Å². The van der Waals surface area contributed by atoms with Crippen molar-refractivity contribution < 1.29 is 9.53 Å². The number of rotatable bonds is 27. The molecule has 33 heavy (non-hydrogen) atoms. The number of hydrogen-bond acceptors (Lipinski definition) is 4. The highest BCUT2D eigenvalue weighted by Crippen LogP contribution is 2.29. The molecule has 198 valence electrons. The molecule has 0 saturated carbocycles. The molecule has 0 saturated heterocycles. The van der Waals surface area contributed by atoms with E-state index in [1.807, 2.05) is 30.4 Å². The molecule has 0 rings (SSSR count). The zero-order chi connectivity index (χ0) is 24.2. The normalized spacial score (nSPS) is 11.4. The molecule has 0 aliphatic carbocycles. The van der Waals surface area contributed by atoms with Crippen molar-refractivity contribution in [3.05, 3.63) is 0 Å². The predicted molar refractivity (Wildman–Crippen MR) is 154 cm³/mol. The van der Waals surface area contributed by atoms with Gasteiger partial charge in [-0.25, -0.2) is 0 Å². The summed E-state index contributed by atoms with van der Waals surface area (Å²) in [6, 6.07) is 0. The largest absolute Gasteiger partial charge is 0.466 e. The van der Waals surface area contributed by atoms with Crippen LogP contribution in [0.25, 0.3) is 0 Å². The lowest BCUT2D eigenvalue weighted by molar-refractivity contribution is -0.142. The molecule has 0 fully saturated rings. The van der Waals surface area contributed by atoms with Crippen LogP contribution in [-0.2, 0) is 9.53 Å². The van der Waals surface area contributed by atoms with Gasteiger partial charge in [0.15, 0.2) is 0 Å². The lowest BCUT2D eigenvalue weighted by atomic mass is 10.1. The van der Waals surface area contributed by atoms with E-state index in [1.165, 1.54) is 140 Å². The van der Waals surface area contributed by atoms with E-state index in [2.05, 4.69) is 13.8 Å². The number of carbonyl (C=O) groups excluding carboxylic acids is 1. The van der Waals surface area contributed by atoms with Crippen molar-refractivity contribution in [3.63, 3.8) is 0 Å². The van der Waals surface area contributed by atoms with E-state index in [9.17, 15) is 4.79 Å². The van der Waals surface area contributed by atoms with Gasteiger partial charge in [0.1, 0.15) is 0 Å². The molecule has 4 heteroatoms. The average molecular weight is 503 g/mol. The van der Waals surface area contributed by atoms with Crippen molar-refractivity contribution in [3.8, 4) is 0 Å². The van der Waals surface area contributed by atoms with Crippen LogP contribution in [0.5, 0.6) is 0 Å². The van der Waals surface area contributed by atoms with Gasteiger partial charge in [0.05, 0.1) is 17.6 Å². The molecular weight excluding hydrogens is 444 g/mol. The number of hydrogen-bond donors (Lipinski definition) is 0. The summed E-state index contributed by atoms with van der Waals surface area (Å²) in [5, 5.41) is 0. The van der Waals surface area contributed by atoms with Gasteiger partial charge in [0, 0.05) is 0 Å². The Kier molecular flexibility index (Phi) is 28.6. The zero-order valence-electron chi connectivity index (χ0n) is 22.7. The minimum Gasteiger partial charge on any atom is -0.466 e. The third-order valence-electron chi connectivity index (χ3n) is 6.24. The first kappa shape index (κ1) is 33.2. The quantitative estimate of drug-likeness (QED) is 0.0633. The molecule has 0 amide bonds. The van der Waals surface area contributed by atoms with Crippen molar-refractivity contribution >= 4 is 29.5 Å². The van der Waals surface area contributed by atoms with Gasteiger partial charge < -0.3 is 4.74 Å². The summed E-state index contributed by atoms with van der Waals surface area (Å²) in [7, 11) is 0. The second-order valence-electron chi connectivity index (χ2n) is 9.54.